The third-order valence-electron chi connectivity index (χ3n) is 4.24. The monoisotopic (exact) mass is 301 g/mol. The van der Waals surface area contributed by atoms with Crippen LogP contribution in [0.15, 0.2) is 24.3 Å². The SMILES string of the molecule is CCCOc1ccc(C2(N)CCC(C(F)(F)F)CC2)cc1. The van der Waals surface area contributed by atoms with Gasteiger partial charge in [-0.1, -0.05) is 19.1 Å². The number of nitrogens with two attached hydrogens (primary N) is 1. The minimum absolute atomic E-state index is 0.105. The topological polar surface area (TPSA) is 35.2 Å². The summed E-state index contributed by atoms with van der Waals surface area (Å²) in [5.74, 6) is -0.436. The third kappa shape index (κ3) is 3.90. The second-order valence-electron chi connectivity index (χ2n) is 5.84. The number of benzene rings is 1. The highest BCUT2D eigenvalue weighted by atomic mass is 19.4. The molecule has 0 atom stereocenters. The van der Waals surface area contributed by atoms with Gasteiger partial charge in [0, 0.05) is 5.54 Å². The van der Waals surface area contributed by atoms with E-state index in [1.807, 2.05) is 31.2 Å². The van der Waals surface area contributed by atoms with Crippen LogP contribution >= 0.6 is 0 Å². The Morgan fingerprint density at radius 2 is 1.76 bits per heavy atom. The predicted molar refractivity (Wildman–Crippen MR) is 76.1 cm³/mol. The average Bonchev–Trinajstić information content (AvgIpc) is 2.45. The van der Waals surface area contributed by atoms with Crippen molar-refractivity contribution in [3.8, 4) is 5.75 Å². The summed E-state index contributed by atoms with van der Waals surface area (Å²) in [6.07, 6.45) is -2.22. The van der Waals surface area contributed by atoms with Gasteiger partial charge < -0.3 is 10.5 Å². The van der Waals surface area contributed by atoms with E-state index in [2.05, 4.69) is 0 Å². The maximum atomic E-state index is 12.7. The van der Waals surface area contributed by atoms with Crippen LogP contribution in [0.5, 0.6) is 5.75 Å². The van der Waals surface area contributed by atoms with Gasteiger partial charge in [0.15, 0.2) is 0 Å². The molecule has 0 aromatic heterocycles. The number of alkyl halides is 3. The summed E-state index contributed by atoms with van der Waals surface area (Å²) in [6, 6.07) is 7.43. The molecule has 118 valence electrons. The van der Waals surface area contributed by atoms with E-state index in [0.29, 0.717) is 19.4 Å². The van der Waals surface area contributed by atoms with E-state index in [9.17, 15) is 13.2 Å². The molecule has 1 saturated carbocycles. The first-order valence-corrected chi connectivity index (χ1v) is 7.44. The molecule has 1 aromatic rings. The molecule has 0 spiro atoms. The first-order chi connectivity index (χ1) is 9.85. The van der Waals surface area contributed by atoms with Crippen molar-refractivity contribution in [3.63, 3.8) is 0 Å². The normalized spacial score (nSPS) is 26.6. The molecule has 0 aliphatic heterocycles. The molecular formula is C16H22F3NO. The van der Waals surface area contributed by atoms with E-state index in [0.717, 1.165) is 17.7 Å². The van der Waals surface area contributed by atoms with Crippen molar-refractivity contribution in [1.82, 2.24) is 0 Å². The Labute approximate surface area is 123 Å². The zero-order chi connectivity index (χ0) is 15.5. The van der Waals surface area contributed by atoms with Crippen molar-refractivity contribution in [3.05, 3.63) is 29.8 Å². The van der Waals surface area contributed by atoms with Crippen LogP contribution in [0.3, 0.4) is 0 Å². The van der Waals surface area contributed by atoms with E-state index in [-0.39, 0.29) is 12.8 Å². The minimum atomic E-state index is -4.10. The maximum Gasteiger partial charge on any atom is 0.391 e. The van der Waals surface area contributed by atoms with Crippen molar-refractivity contribution >= 4 is 0 Å². The van der Waals surface area contributed by atoms with Gasteiger partial charge in [0.1, 0.15) is 5.75 Å². The van der Waals surface area contributed by atoms with E-state index in [4.69, 9.17) is 10.5 Å². The van der Waals surface area contributed by atoms with Crippen LogP contribution in [-0.4, -0.2) is 12.8 Å². The Bertz CT molecular complexity index is 448. The minimum Gasteiger partial charge on any atom is -0.494 e. The molecule has 1 fully saturated rings. The van der Waals surface area contributed by atoms with E-state index < -0.39 is 17.6 Å². The van der Waals surface area contributed by atoms with E-state index >= 15 is 0 Å². The molecule has 2 N–H and O–H groups in total. The van der Waals surface area contributed by atoms with Crippen LogP contribution in [0, 0.1) is 5.92 Å². The average molecular weight is 301 g/mol. The molecular weight excluding hydrogens is 279 g/mol. The van der Waals surface area contributed by atoms with Gasteiger partial charge in [-0.25, -0.2) is 0 Å². The van der Waals surface area contributed by atoms with E-state index in [1.165, 1.54) is 0 Å². The van der Waals surface area contributed by atoms with Crippen molar-refractivity contribution in [1.29, 1.82) is 0 Å². The fraction of sp³-hybridized carbons (Fsp3) is 0.625. The van der Waals surface area contributed by atoms with Crippen molar-refractivity contribution < 1.29 is 17.9 Å². The summed E-state index contributed by atoms with van der Waals surface area (Å²) >= 11 is 0. The largest absolute Gasteiger partial charge is 0.494 e. The molecule has 5 heteroatoms. The quantitative estimate of drug-likeness (QED) is 0.895. The summed E-state index contributed by atoms with van der Waals surface area (Å²) in [7, 11) is 0. The number of halogens is 3. The molecule has 2 nitrogen and oxygen atoms in total. The Hall–Kier alpha value is -1.23. The summed E-state index contributed by atoms with van der Waals surface area (Å²) in [5.41, 5.74) is 6.58. The molecule has 0 radical (unpaired) electrons. The molecule has 0 heterocycles. The number of rotatable bonds is 4. The summed E-state index contributed by atoms with van der Waals surface area (Å²) < 4.78 is 43.6. The van der Waals surface area contributed by atoms with Gasteiger partial charge in [-0.05, 0) is 49.8 Å². The summed E-state index contributed by atoms with van der Waals surface area (Å²) in [5, 5.41) is 0. The van der Waals surface area contributed by atoms with Gasteiger partial charge >= 0.3 is 6.18 Å². The lowest BCUT2D eigenvalue weighted by Gasteiger charge is -2.38. The van der Waals surface area contributed by atoms with Crippen LogP contribution in [0.2, 0.25) is 0 Å². The first kappa shape index (κ1) is 16.1. The van der Waals surface area contributed by atoms with Gasteiger partial charge in [-0.2, -0.15) is 13.2 Å². The molecule has 1 aromatic carbocycles. The smallest absolute Gasteiger partial charge is 0.391 e. The lowest BCUT2D eigenvalue weighted by Crippen LogP contribution is -2.42. The predicted octanol–water partition coefficient (Wildman–Crippen LogP) is 4.38. The third-order valence-corrected chi connectivity index (χ3v) is 4.24. The van der Waals surface area contributed by atoms with Crippen LogP contribution in [0.25, 0.3) is 0 Å². The molecule has 0 saturated heterocycles. The molecule has 1 aliphatic rings. The standard InChI is InChI=1S/C16H22F3NO/c1-2-11-21-14-5-3-12(4-6-14)15(20)9-7-13(8-10-15)16(17,18)19/h3-6,13H,2,7-11,20H2,1H3. The zero-order valence-electron chi connectivity index (χ0n) is 12.2. The van der Waals surface area contributed by atoms with Gasteiger partial charge in [-0.3, -0.25) is 0 Å². The highest BCUT2D eigenvalue weighted by Crippen LogP contribution is 2.44. The highest BCUT2D eigenvalue weighted by molar-refractivity contribution is 5.32. The first-order valence-electron chi connectivity index (χ1n) is 7.44. The Morgan fingerprint density at radius 3 is 2.24 bits per heavy atom. The maximum absolute atomic E-state index is 12.7. The van der Waals surface area contributed by atoms with Crippen LogP contribution in [0.4, 0.5) is 13.2 Å². The fourth-order valence-electron chi connectivity index (χ4n) is 2.85. The second-order valence-corrected chi connectivity index (χ2v) is 5.84. The van der Waals surface area contributed by atoms with Crippen molar-refractivity contribution in [2.45, 2.75) is 50.7 Å². The van der Waals surface area contributed by atoms with Crippen LogP contribution in [0.1, 0.15) is 44.6 Å². The molecule has 1 aliphatic carbocycles. The fourth-order valence-corrected chi connectivity index (χ4v) is 2.85. The zero-order valence-corrected chi connectivity index (χ0v) is 12.2. The Balaban J connectivity index is 2.01. The van der Waals surface area contributed by atoms with Gasteiger partial charge in [0.05, 0.1) is 12.5 Å². The van der Waals surface area contributed by atoms with Crippen LogP contribution < -0.4 is 10.5 Å². The molecule has 0 bridgehead atoms. The van der Waals surface area contributed by atoms with Gasteiger partial charge in [-0.15, -0.1) is 0 Å². The molecule has 0 unspecified atom stereocenters. The Morgan fingerprint density at radius 1 is 1.19 bits per heavy atom. The van der Waals surface area contributed by atoms with Crippen molar-refractivity contribution in [2.75, 3.05) is 6.61 Å². The number of ether oxygens (including phenoxy) is 1. The Kier molecular flexibility index (Phi) is 4.81. The second kappa shape index (κ2) is 6.26. The lowest BCUT2D eigenvalue weighted by atomic mass is 9.73. The van der Waals surface area contributed by atoms with Crippen LogP contribution in [-0.2, 0) is 5.54 Å². The molecule has 2 rings (SSSR count). The molecule has 0 amide bonds. The highest BCUT2D eigenvalue weighted by Gasteiger charge is 2.44. The lowest BCUT2D eigenvalue weighted by molar-refractivity contribution is -0.184. The van der Waals surface area contributed by atoms with Gasteiger partial charge in [0.25, 0.3) is 0 Å². The molecule has 21 heavy (non-hydrogen) atoms. The van der Waals surface area contributed by atoms with Crippen molar-refractivity contribution in [2.24, 2.45) is 11.7 Å². The number of hydrogen-bond acceptors (Lipinski definition) is 2. The summed E-state index contributed by atoms with van der Waals surface area (Å²) in [6.45, 7) is 2.68. The summed E-state index contributed by atoms with van der Waals surface area (Å²) in [4.78, 5) is 0. The van der Waals surface area contributed by atoms with Gasteiger partial charge in [0.2, 0.25) is 0 Å². The number of hydrogen-bond donors (Lipinski definition) is 1. The van der Waals surface area contributed by atoms with E-state index in [1.54, 1.807) is 0 Å².